The number of hydrogen-bond donors (Lipinski definition) is 1. The van der Waals surface area contributed by atoms with Crippen molar-refractivity contribution in [1.82, 2.24) is 0 Å². The van der Waals surface area contributed by atoms with Gasteiger partial charge in [-0.15, -0.1) is 0 Å². The average molecular weight is 358 g/mol. The number of nitriles is 1. The zero-order valence-electron chi connectivity index (χ0n) is 13.9. The summed E-state index contributed by atoms with van der Waals surface area (Å²) in [6.07, 6.45) is 1.20. The Morgan fingerprint density at radius 3 is 2.54 bits per heavy atom. The monoisotopic (exact) mass is 358 g/mol. The largest absolute Gasteiger partial charge is 0.494 e. The molecule has 0 atom stereocenters. The minimum atomic E-state index is -3.01. The molecular weight excluding hydrogens is 342 g/mol. The van der Waals surface area contributed by atoms with Crippen LogP contribution in [0, 0.1) is 11.3 Å². The zero-order chi connectivity index (χ0) is 18.9. The second-order valence-electron chi connectivity index (χ2n) is 5.00. The number of nitrogens with one attached hydrogen (secondary N) is 1. The molecule has 1 N–H and O–H groups in total. The number of hydrogen-bond acceptors (Lipinski definition) is 4. The van der Waals surface area contributed by atoms with Crippen LogP contribution in [-0.2, 0) is 4.79 Å². The summed E-state index contributed by atoms with van der Waals surface area (Å²) in [6.45, 7) is -0.629. The van der Waals surface area contributed by atoms with E-state index >= 15 is 0 Å². The quantitative estimate of drug-likeness (QED) is 0.594. The number of para-hydroxylation sites is 1. The first-order valence-corrected chi connectivity index (χ1v) is 7.73. The summed E-state index contributed by atoms with van der Waals surface area (Å²) in [5.74, 6) is -0.132. The van der Waals surface area contributed by atoms with E-state index in [0.717, 1.165) is 0 Å². The molecule has 0 heterocycles. The van der Waals surface area contributed by atoms with Crippen molar-refractivity contribution in [2.45, 2.75) is 13.5 Å². The number of ether oxygens (including phenoxy) is 2. The van der Waals surface area contributed by atoms with E-state index in [1.165, 1.54) is 24.3 Å². The molecule has 2 aromatic carbocycles. The van der Waals surface area contributed by atoms with Gasteiger partial charge < -0.3 is 14.8 Å². The summed E-state index contributed by atoms with van der Waals surface area (Å²) in [6, 6.07) is 14.3. The van der Waals surface area contributed by atoms with E-state index in [0.29, 0.717) is 18.0 Å². The van der Waals surface area contributed by atoms with E-state index in [1.54, 1.807) is 36.4 Å². The van der Waals surface area contributed by atoms with Gasteiger partial charge in [-0.1, -0.05) is 18.2 Å². The zero-order valence-corrected chi connectivity index (χ0v) is 13.9. The van der Waals surface area contributed by atoms with E-state index in [1.807, 2.05) is 6.92 Å². The van der Waals surface area contributed by atoms with Gasteiger partial charge in [-0.2, -0.15) is 14.0 Å². The molecule has 0 unspecified atom stereocenters. The molecule has 0 radical (unpaired) electrons. The molecule has 0 bridgehead atoms. The smallest absolute Gasteiger partial charge is 0.387 e. The fourth-order valence-corrected chi connectivity index (χ4v) is 2.11. The van der Waals surface area contributed by atoms with Gasteiger partial charge in [-0.05, 0) is 43.3 Å². The van der Waals surface area contributed by atoms with Gasteiger partial charge in [0.15, 0.2) is 0 Å². The number of amides is 1. The first kappa shape index (κ1) is 18.9. The SMILES string of the molecule is CCOc1ccc(NC(=O)C(C#N)=Cc2ccccc2OC(F)F)cc1. The molecule has 26 heavy (non-hydrogen) atoms. The van der Waals surface area contributed by atoms with Crippen molar-refractivity contribution in [2.24, 2.45) is 0 Å². The van der Waals surface area contributed by atoms with Crippen molar-refractivity contribution in [3.63, 3.8) is 0 Å². The van der Waals surface area contributed by atoms with E-state index in [2.05, 4.69) is 10.1 Å². The van der Waals surface area contributed by atoms with E-state index in [-0.39, 0.29) is 16.9 Å². The number of halogens is 2. The highest BCUT2D eigenvalue weighted by Crippen LogP contribution is 2.23. The van der Waals surface area contributed by atoms with Crippen molar-refractivity contribution >= 4 is 17.7 Å². The van der Waals surface area contributed by atoms with Gasteiger partial charge in [0.25, 0.3) is 5.91 Å². The molecule has 0 saturated carbocycles. The fourth-order valence-electron chi connectivity index (χ4n) is 2.11. The molecule has 0 aliphatic carbocycles. The predicted molar refractivity (Wildman–Crippen MR) is 92.9 cm³/mol. The minimum Gasteiger partial charge on any atom is -0.494 e. The Labute approximate surface area is 149 Å². The molecule has 2 aromatic rings. The molecule has 134 valence electrons. The molecule has 0 fully saturated rings. The van der Waals surface area contributed by atoms with Crippen LogP contribution < -0.4 is 14.8 Å². The van der Waals surface area contributed by atoms with Crippen molar-refractivity contribution in [3.8, 4) is 17.6 Å². The Morgan fingerprint density at radius 1 is 1.23 bits per heavy atom. The van der Waals surface area contributed by atoms with Crippen LogP contribution in [0.15, 0.2) is 54.1 Å². The molecular formula is C19H16F2N2O3. The summed E-state index contributed by atoms with van der Waals surface area (Å²) >= 11 is 0. The van der Waals surface area contributed by atoms with E-state index in [4.69, 9.17) is 4.74 Å². The fraction of sp³-hybridized carbons (Fsp3) is 0.158. The summed E-state index contributed by atoms with van der Waals surface area (Å²) in [5.41, 5.74) is 0.423. The van der Waals surface area contributed by atoms with Crippen molar-refractivity contribution in [3.05, 3.63) is 59.7 Å². The standard InChI is InChI=1S/C19H16F2N2O3/c1-2-25-16-9-7-15(8-10-16)23-18(24)14(12-22)11-13-5-3-4-6-17(13)26-19(20)21/h3-11,19H,2H2,1H3,(H,23,24). The maximum Gasteiger partial charge on any atom is 0.387 e. The van der Waals surface area contributed by atoms with Gasteiger partial charge in [0.05, 0.1) is 6.61 Å². The normalized spacial score (nSPS) is 11.0. The van der Waals surface area contributed by atoms with Crippen LogP contribution in [0.5, 0.6) is 11.5 Å². The first-order valence-electron chi connectivity index (χ1n) is 7.73. The lowest BCUT2D eigenvalue weighted by molar-refractivity contribution is -0.112. The Morgan fingerprint density at radius 2 is 1.92 bits per heavy atom. The maximum absolute atomic E-state index is 12.5. The first-order chi connectivity index (χ1) is 12.5. The number of nitrogens with zero attached hydrogens (tertiary/aromatic N) is 1. The highest BCUT2D eigenvalue weighted by atomic mass is 19.3. The molecule has 0 spiro atoms. The molecule has 1 amide bonds. The predicted octanol–water partition coefficient (Wildman–Crippen LogP) is 4.23. The van der Waals surface area contributed by atoms with Gasteiger partial charge >= 0.3 is 6.61 Å². The second kappa shape index (κ2) is 9.18. The highest BCUT2D eigenvalue weighted by Gasteiger charge is 2.13. The maximum atomic E-state index is 12.5. The number of alkyl halides is 2. The molecule has 0 aliphatic rings. The number of rotatable bonds is 7. The topological polar surface area (TPSA) is 71.3 Å². The summed E-state index contributed by atoms with van der Waals surface area (Å²) < 4.78 is 34.6. The Balaban J connectivity index is 2.18. The van der Waals surface area contributed by atoms with Gasteiger partial charge in [0.2, 0.25) is 0 Å². The van der Waals surface area contributed by atoms with Crippen molar-refractivity contribution < 1.29 is 23.0 Å². The van der Waals surface area contributed by atoms with Gasteiger partial charge in [-0.25, -0.2) is 0 Å². The number of benzene rings is 2. The van der Waals surface area contributed by atoms with E-state index in [9.17, 15) is 18.8 Å². The average Bonchev–Trinajstić information content (AvgIpc) is 2.62. The molecule has 0 saturated heterocycles. The molecule has 0 aromatic heterocycles. The molecule has 2 rings (SSSR count). The Hall–Kier alpha value is -3.40. The van der Waals surface area contributed by atoms with Crippen LogP contribution in [0.2, 0.25) is 0 Å². The van der Waals surface area contributed by atoms with E-state index < -0.39 is 12.5 Å². The van der Waals surface area contributed by atoms with Gasteiger partial charge in [-0.3, -0.25) is 4.79 Å². The molecule has 5 nitrogen and oxygen atoms in total. The Kier molecular flexibility index (Phi) is 6.68. The highest BCUT2D eigenvalue weighted by molar-refractivity contribution is 6.09. The summed E-state index contributed by atoms with van der Waals surface area (Å²) in [7, 11) is 0. The number of carbonyl (C=O) groups is 1. The van der Waals surface area contributed by atoms with Crippen LogP contribution in [0.1, 0.15) is 12.5 Å². The summed E-state index contributed by atoms with van der Waals surface area (Å²) in [4.78, 5) is 12.3. The lowest BCUT2D eigenvalue weighted by Crippen LogP contribution is -2.13. The number of anilines is 1. The number of carbonyl (C=O) groups excluding carboxylic acids is 1. The van der Waals surface area contributed by atoms with Gasteiger partial charge in [0.1, 0.15) is 23.1 Å². The van der Waals surface area contributed by atoms with Crippen LogP contribution in [0.25, 0.3) is 6.08 Å². The van der Waals surface area contributed by atoms with Crippen LogP contribution >= 0.6 is 0 Å². The lowest BCUT2D eigenvalue weighted by Gasteiger charge is -2.09. The minimum absolute atomic E-state index is 0.121. The molecule has 7 heteroatoms. The third kappa shape index (κ3) is 5.31. The van der Waals surface area contributed by atoms with Crippen molar-refractivity contribution in [2.75, 3.05) is 11.9 Å². The van der Waals surface area contributed by atoms with Crippen LogP contribution in [0.3, 0.4) is 0 Å². The van der Waals surface area contributed by atoms with Crippen molar-refractivity contribution in [1.29, 1.82) is 5.26 Å². The third-order valence-electron chi connectivity index (χ3n) is 3.22. The Bertz CT molecular complexity index is 827. The summed E-state index contributed by atoms with van der Waals surface area (Å²) in [5, 5.41) is 11.8. The van der Waals surface area contributed by atoms with Crippen LogP contribution in [-0.4, -0.2) is 19.1 Å². The molecule has 0 aliphatic heterocycles. The third-order valence-corrected chi connectivity index (χ3v) is 3.22. The van der Waals surface area contributed by atoms with Crippen LogP contribution in [0.4, 0.5) is 14.5 Å². The lowest BCUT2D eigenvalue weighted by atomic mass is 10.1. The van der Waals surface area contributed by atoms with Gasteiger partial charge in [0, 0.05) is 11.3 Å². The second-order valence-corrected chi connectivity index (χ2v) is 5.00.